The molecule has 1 amide bonds. The van der Waals surface area contributed by atoms with E-state index in [1.54, 1.807) is 24.1 Å². The van der Waals surface area contributed by atoms with Crippen LogP contribution in [0, 0.1) is 5.92 Å². The lowest BCUT2D eigenvalue weighted by Crippen LogP contribution is -2.78. The summed E-state index contributed by atoms with van der Waals surface area (Å²) in [5.74, 6) is 0.458. The van der Waals surface area contributed by atoms with E-state index in [0.29, 0.717) is 42.9 Å². The number of halogens is 3. The molecule has 2 aliphatic heterocycles. The molecule has 1 saturated heterocycles. The van der Waals surface area contributed by atoms with Crippen LogP contribution in [0.1, 0.15) is 48.8 Å². The maximum absolute atomic E-state index is 13.4. The van der Waals surface area contributed by atoms with Crippen molar-refractivity contribution in [1.29, 1.82) is 0 Å². The van der Waals surface area contributed by atoms with Gasteiger partial charge in [-0.1, -0.05) is 18.2 Å². The molecule has 1 spiro atoms. The molecular weight excluding hydrogens is 537 g/mol. The molecule has 2 N–H and O–H groups in total. The summed E-state index contributed by atoms with van der Waals surface area (Å²) in [5, 5.41) is 23.4. The zero-order valence-electron chi connectivity index (χ0n) is 22.7. The summed E-state index contributed by atoms with van der Waals surface area (Å²) < 4.78 is 48.4. The Labute approximate surface area is 236 Å². The van der Waals surface area contributed by atoms with Gasteiger partial charge in [-0.15, -0.1) is 13.2 Å². The summed E-state index contributed by atoms with van der Waals surface area (Å²) in [4.78, 5) is 17.5. The number of ether oxygens (including phenoxy) is 2. The number of piperidine rings is 1. The van der Waals surface area contributed by atoms with Crippen molar-refractivity contribution in [2.24, 2.45) is 5.92 Å². The number of alkyl halides is 3. The number of rotatable bonds is 6. The van der Waals surface area contributed by atoms with E-state index in [0.717, 1.165) is 24.2 Å². The number of phenolic OH excluding ortho intramolecular Hbond substituents is 1. The molecule has 2 bridgehead atoms. The van der Waals surface area contributed by atoms with Crippen molar-refractivity contribution >= 4 is 12.0 Å². The number of carbonyl (C=O) groups is 1. The number of hydrogen-bond donors (Lipinski definition) is 2. The first-order chi connectivity index (χ1) is 19.5. The molecule has 0 aromatic heterocycles. The molecule has 2 saturated carbocycles. The van der Waals surface area contributed by atoms with Gasteiger partial charge in [0.25, 0.3) is 0 Å². The number of likely N-dealkylation sites (tertiary alicyclic amines) is 1. The van der Waals surface area contributed by atoms with Crippen LogP contribution < -0.4 is 9.47 Å². The minimum absolute atomic E-state index is 0.0438. The summed E-state index contributed by atoms with van der Waals surface area (Å²) >= 11 is 0. The Morgan fingerprint density at radius 1 is 1.22 bits per heavy atom. The Morgan fingerprint density at radius 3 is 2.78 bits per heavy atom. The summed E-state index contributed by atoms with van der Waals surface area (Å²) in [7, 11) is 1.69. The Kier molecular flexibility index (Phi) is 5.93. The Balaban J connectivity index is 1.18. The van der Waals surface area contributed by atoms with Gasteiger partial charge in [-0.3, -0.25) is 9.69 Å². The molecule has 5 atom stereocenters. The molecule has 0 unspecified atom stereocenters. The number of hydrogen-bond acceptors (Lipinski definition) is 6. The lowest BCUT2D eigenvalue weighted by atomic mass is 9.48. The molecule has 5 aliphatic rings. The predicted molar refractivity (Wildman–Crippen MR) is 144 cm³/mol. The quantitative estimate of drug-likeness (QED) is 0.502. The fraction of sp³-hybridized carbons (Fsp3) is 0.516. The Bertz CT molecular complexity index is 1420. The SMILES string of the molecule is CN(C(=O)C=Cc1cccc(OC(F)(F)F)c1)[C@@H]1CC[C@@]2(O)[C@H]3Cc4ccc(O)c5c4[C@@]2(CCN3CC2CC2)[C@H]1O5. The number of benzene rings is 2. The van der Waals surface area contributed by atoms with E-state index in [1.165, 1.54) is 43.2 Å². The summed E-state index contributed by atoms with van der Waals surface area (Å²) in [6.45, 7) is 1.80. The minimum atomic E-state index is -4.81. The smallest absolute Gasteiger partial charge is 0.504 e. The second kappa shape index (κ2) is 9.13. The maximum atomic E-state index is 13.4. The topological polar surface area (TPSA) is 82.5 Å². The standard InChI is InChI=1S/C31H33F3N2O5/c1-35(25(38)10-7-18-3-2-4-21(15-18)41-31(32,33)34)22-11-12-30(39)24-16-20-8-9-23(37)27-26(20)29(30,28(22)40-27)13-14-36(24)17-19-5-6-19/h2-4,7-10,15,19,22,24,28,37,39H,5-6,11-14,16-17H2,1H3/t22-,24-,28+,29+,30-/m1/s1. The number of carbonyl (C=O) groups excluding carboxylic acids is 1. The number of amides is 1. The van der Waals surface area contributed by atoms with E-state index in [-0.39, 0.29) is 29.5 Å². The number of phenols is 1. The zero-order valence-corrected chi connectivity index (χ0v) is 22.7. The highest BCUT2D eigenvalue weighted by Crippen LogP contribution is 2.66. The summed E-state index contributed by atoms with van der Waals surface area (Å²) in [6, 6.07) is 8.62. The molecule has 218 valence electrons. The fourth-order valence-corrected chi connectivity index (χ4v) is 8.12. The molecule has 2 aromatic carbocycles. The van der Waals surface area contributed by atoms with E-state index < -0.39 is 23.5 Å². The Hall–Kier alpha value is -3.24. The molecule has 41 heavy (non-hydrogen) atoms. The van der Waals surface area contributed by atoms with Gasteiger partial charge in [0, 0.05) is 31.3 Å². The molecule has 7 nitrogen and oxygen atoms in total. The van der Waals surface area contributed by atoms with Crippen LogP contribution in [0.5, 0.6) is 17.2 Å². The van der Waals surface area contributed by atoms with E-state index >= 15 is 0 Å². The normalized spacial score (nSPS) is 32.0. The minimum Gasteiger partial charge on any atom is -0.504 e. The average Bonchev–Trinajstić information content (AvgIpc) is 3.66. The molecular formula is C31H33F3N2O5. The van der Waals surface area contributed by atoms with Crippen molar-refractivity contribution in [2.75, 3.05) is 20.1 Å². The summed E-state index contributed by atoms with van der Waals surface area (Å²) in [5.41, 5.74) is 0.582. The van der Waals surface area contributed by atoms with Crippen molar-refractivity contribution < 1.29 is 37.7 Å². The van der Waals surface area contributed by atoms with Gasteiger partial charge in [0.15, 0.2) is 11.5 Å². The molecule has 0 radical (unpaired) electrons. The molecule has 2 aromatic rings. The van der Waals surface area contributed by atoms with Gasteiger partial charge in [-0.05, 0) is 86.4 Å². The number of likely N-dealkylation sites (N-methyl/N-ethyl adjacent to an activating group) is 1. The molecule has 10 heteroatoms. The van der Waals surface area contributed by atoms with Crippen molar-refractivity contribution in [3.63, 3.8) is 0 Å². The Morgan fingerprint density at radius 2 is 2.02 bits per heavy atom. The van der Waals surface area contributed by atoms with Gasteiger partial charge < -0.3 is 24.6 Å². The van der Waals surface area contributed by atoms with E-state index in [1.807, 2.05) is 6.07 Å². The van der Waals surface area contributed by atoms with Crippen LogP contribution in [0.15, 0.2) is 42.5 Å². The van der Waals surface area contributed by atoms with E-state index in [4.69, 9.17) is 4.74 Å². The van der Waals surface area contributed by atoms with Crippen molar-refractivity contribution in [1.82, 2.24) is 9.80 Å². The first-order valence-corrected chi connectivity index (χ1v) is 14.3. The highest BCUT2D eigenvalue weighted by atomic mass is 19.4. The highest BCUT2D eigenvalue weighted by molar-refractivity contribution is 5.92. The molecule has 2 heterocycles. The zero-order chi connectivity index (χ0) is 28.7. The van der Waals surface area contributed by atoms with E-state index in [2.05, 4.69) is 9.64 Å². The number of nitrogens with zero attached hydrogens (tertiary/aromatic N) is 2. The van der Waals surface area contributed by atoms with Gasteiger partial charge in [0.1, 0.15) is 11.9 Å². The largest absolute Gasteiger partial charge is 0.573 e. The predicted octanol–water partition coefficient (Wildman–Crippen LogP) is 4.40. The van der Waals surface area contributed by atoms with Crippen LogP contribution in [0.4, 0.5) is 13.2 Å². The van der Waals surface area contributed by atoms with E-state index in [9.17, 15) is 28.2 Å². The lowest BCUT2D eigenvalue weighted by Gasteiger charge is -2.64. The van der Waals surface area contributed by atoms with Crippen LogP contribution in [0.25, 0.3) is 6.08 Å². The first-order valence-electron chi connectivity index (χ1n) is 14.3. The van der Waals surface area contributed by atoms with Crippen LogP contribution >= 0.6 is 0 Å². The third-order valence-corrected chi connectivity index (χ3v) is 10.1. The van der Waals surface area contributed by atoms with Crippen LogP contribution in [0.2, 0.25) is 0 Å². The summed E-state index contributed by atoms with van der Waals surface area (Å²) in [6.07, 6.45) is 2.29. The van der Waals surface area contributed by atoms with Crippen LogP contribution in [0.3, 0.4) is 0 Å². The monoisotopic (exact) mass is 570 g/mol. The molecule has 7 rings (SSSR count). The van der Waals surface area contributed by atoms with Gasteiger partial charge in [-0.25, -0.2) is 0 Å². The average molecular weight is 571 g/mol. The van der Waals surface area contributed by atoms with Gasteiger partial charge >= 0.3 is 6.36 Å². The van der Waals surface area contributed by atoms with Gasteiger partial charge in [0.2, 0.25) is 5.91 Å². The second-order valence-electron chi connectivity index (χ2n) is 12.3. The number of aromatic hydroxyl groups is 1. The lowest BCUT2D eigenvalue weighted by molar-refractivity contribution is -0.274. The van der Waals surface area contributed by atoms with Crippen molar-refractivity contribution in [3.8, 4) is 17.2 Å². The van der Waals surface area contributed by atoms with Crippen LogP contribution in [-0.4, -0.2) is 76.2 Å². The second-order valence-corrected chi connectivity index (χ2v) is 12.3. The third kappa shape index (κ3) is 4.13. The van der Waals surface area contributed by atoms with Crippen molar-refractivity contribution in [3.05, 3.63) is 59.2 Å². The number of aliphatic hydroxyl groups is 1. The van der Waals surface area contributed by atoms with Crippen LogP contribution in [-0.2, 0) is 16.6 Å². The maximum Gasteiger partial charge on any atom is 0.573 e. The fourth-order valence-electron chi connectivity index (χ4n) is 8.12. The molecule has 3 fully saturated rings. The van der Waals surface area contributed by atoms with Gasteiger partial charge in [0.05, 0.1) is 17.1 Å². The highest BCUT2D eigenvalue weighted by Gasteiger charge is 2.73. The van der Waals surface area contributed by atoms with Gasteiger partial charge in [-0.2, -0.15) is 0 Å². The molecule has 3 aliphatic carbocycles. The first kappa shape index (κ1) is 26.6. The van der Waals surface area contributed by atoms with Crippen molar-refractivity contribution in [2.45, 2.75) is 74.1 Å². The third-order valence-electron chi connectivity index (χ3n) is 10.1.